The molecule has 25 heavy (non-hydrogen) atoms. The SMILES string of the molecule is COc1ccc(OC)c(NC(=O)CN2C(=O)N[C@@H](CC(C)C)C2=O)c1. The summed E-state index contributed by atoms with van der Waals surface area (Å²) in [5.74, 6) is 0.364. The van der Waals surface area contributed by atoms with Crippen molar-refractivity contribution in [2.45, 2.75) is 26.3 Å². The number of benzene rings is 1. The molecule has 1 fully saturated rings. The molecule has 0 spiro atoms. The van der Waals surface area contributed by atoms with Gasteiger partial charge in [0.2, 0.25) is 5.91 Å². The van der Waals surface area contributed by atoms with Gasteiger partial charge in [-0.05, 0) is 24.5 Å². The third-order valence-electron chi connectivity index (χ3n) is 3.80. The molecule has 0 aliphatic carbocycles. The van der Waals surface area contributed by atoms with E-state index >= 15 is 0 Å². The predicted octanol–water partition coefficient (Wildman–Crippen LogP) is 1.61. The molecule has 1 saturated heterocycles. The molecule has 1 aliphatic heterocycles. The Balaban J connectivity index is 2.05. The Hall–Kier alpha value is -2.77. The highest BCUT2D eigenvalue weighted by Crippen LogP contribution is 2.28. The van der Waals surface area contributed by atoms with Gasteiger partial charge < -0.3 is 20.1 Å². The number of carbonyl (C=O) groups is 3. The number of carbonyl (C=O) groups excluding carboxylic acids is 3. The lowest BCUT2D eigenvalue weighted by molar-refractivity contribution is -0.131. The van der Waals surface area contributed by atoms with E-state index in [2.05, 4.69) is 10.6 Å². The normalized spacial score (nSPS) is 16.8. The topological polar surface area (TPSA) is 97.0 Å². The zero-order valence-electron chi connectivity index (χ0n) is 14.8. The van der Waals surface area contributed by atoms with Crippen LogP contribution in [0.5, 0.6) is 11.5 Å². The lowest BCUT2D eigenvalue weighted by Gasteiger charge is -2.15. The van der Waals surface area contributed by atoms with Gasteiger partial charge in [0.05, 0.1) is 19.9 Å². The van der Waals surface area contributed by atoms with E-state index in [9.17, 15) is 14.4 Å². The molecule has 1 aliphatic rings. The summed E-state index contributed by atoms with van der Waals surface area (Å²) in [6, 6.07) is 3.82. The van der Waals surface area contributed by atoms with Gasteiger partial charge in [-0.25, -0.2) is 4.79 Å². The van der Waals surface area contributed by atoms with Crippen LogP contribution in [0.4, 0.5) is 10.5 Å². The molecule has 136 valence electrons. The minimum Gasteiger partial charge on any atom is -0.497 e. The second-order valence-electron chi connectivity index (χ2n) is 6.17. The number of ether oxygens (including phenoxy) is 2. The van der Waals surface area contributed by atoms with E-state index in [-0.39, 0.29) is 18.4 Å². The Labute approximate surface area is 146 Å². The van der Waals surface area contributed by atoms with Gasteiger partial charge in [-0.2, -0.15) is 0 Å². The van der Waals surface area contributed by atoms with Gasteiger partial charge in [0.25, 0.3) is 5.91 Å². The third kappa shape index (κ3) is 4.40. The Kier molecular flexibility index (Phi) is 5.84. The highest BCUT2D eigenvalue weighted by molar-refractivity contribution is 6.08. The average Bonchev–Trinajstić information content (AvgIpc) is 2.81. The van der Waals surface area contributed by atoms with Crippen LogP contribution < -0.4 is 20.1 Å². The van der Waals surface area contributed by atoms with E-state index in [4.69, 9.17) is 9.47 Å². The standard InChI is InChI=1S/C17H23N3O5/c1-10(2)7-13-16(22)20(17(23)19-13)9-15(21)18-12-8-11(24-3)5-6-14(12)25-4/h5-6,8,10,13H,7,9H2,1-4H3,(H,18,21)(H,19,23)/t13-/m0/s1. The summed E-state index contributed by atoms with van der Waals surface area (Å²) >= 11 is 0. The van der Waals surface area contributed by atoms with Crippen molar-refractivity contribution >= 4 is 23.5 Å². The molecule has 8 nitrogen and oxygen atoms in total. The van der Waals surface area contributed by atoms with Crippen LogP contribution >= 0.6 is 0 Å². The summed E-state index contributed by atoms with van der Waals surface area (Å²) in [5.41, 5.74) is 0.401. The Bertz CT molecular complexity index is 674. The van der Waals surface area contributed by atoms with Crippen molar-refractivity contribution in [1.82, 2.24) is 10.2 Å². The number of methoxy groups -OCH3 is 2. The average molecular weight is 349 g/mol. The summed E-state index contributed by atoms with van der Waals surface area (Å²) in [6.45, 7) is 3.56. The Morgan fingerprint density at radius 2 is 2.00 bits per heavy atom. The van der Waals surface area contributed by atoms with Gasteiger partial charge in [-0.15, -0.1) is 0 Å². The predicted molar refractivity (Wildman–Crippen MR) is 91.7 cm³/mol. The lowest BCUT2D eigenvalue weighted by atomic mass is 10.0. The van der Waals surface area contributed by atoms with E-state index in [1.807, 2.05) is 13.8 Å². The summed E-state index contributed by atoms with van der Waals surface area (Å²) in [6.07, 6.45) is 0.534. The quantitative estimate of drug-likeness (QED) is 0.729. The number of hydrogen-bond acceptors (Lipinski definition) is 5. The lowest BCUT2D eigenvalue weighted by Crippen LogP contribution is -2.38. The van der Waals surface area contributed by atoms with Crippen molar-refractivity contribution in [2.75, 3.05) is 26.1 Å². The molecule has 0 unspecified atom stereocenters. The second-order valence-corrected chi connectivity index (χ2v) is 6.17. The molecule has 1 aromatic carbocycles. The number of amides is 4. The van der Waals surface area contributed by atoms with Crippen LogP contribution in [0.15, 0.2) is 18.2 Å². The van der Waals surface area contributed by atoms with E-state index in [0.29, 0.717) is 23.6 Å². The molecular formula is C17H23N3O5. The van der Waals surface area contributed by atoms with Crippen LogP contribution in [0.2, 0.25) is 0 Å². The molecule has 0 aromatic heterocycles. The van der Waals surface area contributed by atoms with Crippen molar-refractivity contribution in [1.29, 1.82) is 0 Å². The molecule has 2 rings (SSSR count). The Morgan fingerprint density at radius 1 is 1.28 bits per heavy atom. The van der Waals surface area contributed by atoms with Crippen molar-refractivity contribution in [2.24, 2.45) is 5.92 Å². The minimum absolute atomic E-state index is 0.254. The number of nitrogens with one attached hydrogen (secondary N) is 2. The molecule has 2 N–H and O–H groups in total. The van der Waals surface area contributed by atoms with E-state index in [1.165, 1.54) is 14.2 Å². The highest BCUT2D eigenvalue weighted by atomic mass is 16.5. The van der Waals surface area contributed by atoms with Crippen molar-refractivity contribution in [3.63, 3.8) is 0 Å². The molecule has 4 amide bonds. The number of rotatable bonds is 7. The smallest absolute Gasteiger partial charge is 0.325 e. The maximum atomic E-state index is 12.3. The van der Waals surface area contributed by atoms with Gasteiger partial charge in [0.15, 0.2) is 0 Å². The fraction of sp³-hybridized carbons (Fsp3) is 0.471. The number of hydrogen-bond donors (Lipinski definition) is 2. The van der Waals surface area contributed by atoms with Gasteiger partial charge in [-0.3, -0.25) is 14.5 Å². The highest BCUT2D eigenvalue weighted by Gasteiger charge is 2.39. The largest absolute Gasteiger partial charge is 0.497 e. The van der Waals surface area contributed by atoms with Crippen LogP contribution in [0, 0.1) is 5.92 Å². The third-order valence-corrected chi connectivity index (χ3v) is 3.80. The number of anilines is 1. The summed E-state index contributed by atoms with van der Waals surface area (Å²) < 4.78 is 10.3. The van der Waals surface area contributed by atoms with Gasteiger partial charge in [0.1, 0.15) is 24.1 Å². The van der Waals surface area contributed by atoms with Gasteiger partial charge in [0, 0.05) is 6.07 Å². The van der Waals surface area contributed by atoms with E-state index < -0.39 is 18.0 Å². The zero-order chi connectivity index (χ0) is 18.6. The van der Waals surface area contributed by atoms with Crippen LogP contribution in [0.3, 0.4) is 0 Å². The fourth-order valence-corrected chi connectivity index (χ4v) is 2.60. The van der Waals surface area contributed by atoms with Crippen LogP contribution in [0.1, 0.15) is 20.3 Å². The number of nitrogens with zero attached hydrogens (tertiary/aromatic N) is 1. The number of urea groups is 1. The molecule has 1 heterocycles. The Morgan fingerprint density at radius 3 is 2.60 bits per heavy atom. The van der Waals surface area contributed by atoms with Crippen molar-refractivity contribution in [3.8, 4) is 11.5 Å². The van der Waals surface area contributed by atoms with E-state index in [0.717, 1.165) is 4.90 Å². The first-order chi connectivity index (χ1) is 11.8. The zero-order valence-corrected chi connectivity index (χ0v) is 14.8. The van der Waals surface area contributed by atoms with Crippen LogP contribution in [-0.4, -0.2) is 49.6 Å². The molecule has 1 atom stereocenters. The summed E-state index contributed by atoms with van der Waals surface area (Å²) in [5, 5.41) is 5.25. The summed E-state index contributed by atoms with van der Waals surface area (Å²) in [4.78, 5) is 37.4. The fourth-order valence-electron chi connectivity index (χ4n) is 2.60. The monoisotopic (exact) mass is 349 g/mol. The molecule has 0 saturated carbocycles. The summed E-state index contributed by atoms with van der Waals surface area (Å²) in [7, 11) is 2.99. The first kappa shape index (κ1) is 18.6. The van der Waals surface area contributed by atoms with Crippen LogP contribution in [0.25, 0.3) is 0 Å². The van der Waals surface area contributed by atoms with Crippen molar-refractivity contribution < 1.29 is 23.9 Å². The molecule has 1 aromatic rings. The minimum atomic E-state index is -0.577. The molecule has 0 radical (unpaired) electrons. The molecule has 8 heteroatoms. The van der Waals surface area contributed by atoms with Crippen LogP contribution in [-0.2, 0) is 9.59 Å². The van der Waals surface area contributed by atoms with Gasteiger partial charge >= 0.3 is 6.03 Å². The maximum absolute atomic E-state index is 12.3. The van der Waals surface area contributed by atoms with Crippen molar-refractivity contribution in [3.05, 3.63) is 18.2 Å². The van der Waals surface area contributed by atoms with Gasteiger partial charge in [-0.1, -0.05) is 13.8 Å². The molecule has 0 bridgehead atoms. The second kappa shape index (κ2) is 7.87. The first-order valence-corrected chi connectivity index (χ1v) is 7.99. The molecular weight excluding hydrogens is 326 g/mol. The first-order valence-electron chi connectivity index (χ1n) is 7.99. The maximum Gasteiger partial charge on any atom is 0.325 e. The number of imide groups is 1. The van der Waals surface area contributed by atoms with E-state index in [1.54, 1.807) is 18.2 Å².